The van der Waals surface area contributed by atoms with Gasteiger partial charge in [-0.1, -0.05) is 23.7 Å². The van der Waals surface area contributed by atoms with Crippen LogP contribution in [-0.4, -0.2) is 66.5 Å². The van der Waals surface area contributed by atoms with Crippen molar-refractivity contribution in [3.63, 3.8) is 0 Å². The normalized spacial score (nSPS) is 14.0. The van der Waals surface area contributed by atoms with Gasteiger partial charge in [-0.3, -0.25) is 9.59 Å². The zero-order valence-electron chi connectivity index (χ0n) is 22.3. The summed E-state index contributed by atoms with van der Waals surface area (Å²) in [5.74, 6) is -0.538. The van der Waals surface area contributed by atoms with E-state index in [9.17, 15) is 19.1 Å². The summed E-state index contributed by atoms with van der Waals surface area (Å²) in [5.41, 5.74) is 2.46. The second kappa shape index (κ2) is 11.5. The third-order valence-corrected chi connectivity index (χ3v) is 6.92. The van der Waals surface area contributed by atoms with Crippen molar-refractivity contribution < 1.29 is 23.8 Å². The SMILES string of the molecule is COc1cc(F)cc([C@@H](C)NC(=O)[C@@H](CO)N2Cc3ccc(-c4nc(Nc5cnn(C)n5)ncc4Cl)cc3C2=O)c1. The molecule has 4 aromatic rings. The molecule has 0 radical (unpaired) electrons. The number of fused-ring (bicyclic) bond motifs is 1. The van der Waals surface area contributed by atoms with E-state index in [4.69, 9.17) is 16.3 Å². The number of nitrogens with one attached hydrogen (secondary N) is 2. The second-order valence-electron chi connectivity index (χ2n) is 9.39. The molecular weight excluding hydrogens is 555 g/mol. The number of anilines is 2. The summed E-state index contributed by atoms with van der Waals surface area (Å²) >= 11 is 6.40. The Bertz CT molecular complexity index is 1630. The molecule has 0 unspecified atom stereocenters. The number of benzene rings is 2. The molecule has 0 saturated heterocycles. The van der Waals surface area contributed by atoms with Gasteiger partial charge < -0.3 is 25.4 Å². The minimum atomic E-state index is -1.17. The Morgan fingerprint density at radius 1 is 1.24 bits per heavy atom. The summed E-state index contributed by atoms with van der Waals surface area (Å²) < 4.78 is 19.1. The van der Waals surface area contributed by atoms with Gasteiger partial charge in [0.25, 0.3) is 5.91 Å². The molecule has 212 valence electrons. The maximum atomic E-state index is 14.0. The van der Waals surface area contributed by atoms with E-state index in [1.54, 1.807) is 38.2 Å². The number of amides is 2. The Hall–Kier alpha value is -4.62. The van der Waals surface area contributed by atoms with E-state index < -0.39 is 36.3 Å². The molecule has 41 heavy (non-hydrogen) atoms. The van der Waals surface area contributed by atoms with Gasteiger partial charge in [0.1, 0.15) is 17.6 Å². The number of carbonyl (C=O) groups excluding carboxylic acids is 2. The van der Waals surface area contributed by atoms with Gasteiger partial charge in [0.05, 0.1) is 42.9 Å². The van der Waals surface area contributed by atoms with Crippen LogP contribution in [0.1, 0.15) is 34.5 Å². The molecule has 0 saturated carbocycles. The molecule has 3 N–H and O–H groups in total. The Labute approximate surface area is 239 Å². The van der Waals surface area contributed by atoms with Gasteiger partial charge in [-0.25, -0.2) is 14.4 Å². The fourth-order valence-electron chi connectivity index (χ4n) is 4.54. The van der Waals surface area contributed by atoms with E-state index in [1.807, 2.05) is 0 Å². The van der Waals surface area contributed by atoms with Crippen molar-refractivity contribution in [2.75, 3.05) is 19.0 Å². The highest BCUT2D eigenvalue weighted by atomic mass is 35.5. The number of rotatable bonds is 9. The zero-order valence-corrected chi connectivity index (χ0v) is 23.1. The average Bonchev–Trinajstić information content (AvgIpc) is 3.51. The molecular formula is C27H26ClFN8O4. The Balaban J connectivity index is 1.34. The number of methoxy groups -OCH3 is 1. The first-order valence-electron chi connectivity index (χ1n) is 12.5. The van der Waals surface area contributed by atoms with Crippen molar-refractivity contribution in [2.24, 2.45) is 7.05 Å². The lowest BCUT2D eigenvalue weighted by atomic mass is 10.0. The number of carbonyl (C=O) groups is 2. The topological polar surface area (TPSA) is 147 Å². The van der Waals surface area contributed by atoms with Gasteiger partial charge in [-0.05, 0) is 36.2 Å². The highest BCUT2D eigenvalue weighted by Gasteiger charge is 2.37. The third kappa shape index (κ3) is 5.81. The van der Waals surface area contributed by atoms with Crippen LogP contribution in [0.2, 0.25) is 5.02 Å². The van der Waals surface area contributed by atoms with Gasteiger partial charge >= 0.3 is 0 Å². The molecule has 2 atom stereocenters. The lowest BCUT2D eigenvalue weighted by molar-refractivity contribution is -0.127. The van der Waals surface area contributed by atoms with Crippen molar-refractivity contribution in [1.82, 2.24) is 35.2 Å². The smallest absolute Gasteiger partial charge is 0.255 e. The number of ether oxygens (including phenoxy) is 1. The van der Waals surface area contributed by atoms with E-state index in [-0.39, 0.29) is 17.5 Å². The quantitative estimate of drug-likeness (QED) is 0.272. The van der Waals surface area contributed by atoms with Crippen LogP contribution in [0.4, 0.5) is 16.2 Å². The van der Waals surface area contributed by atoms with E-state index in [0.717, 1.165) is 0 Å². The Morgan fingerprint density at radius 3 is 2.76 bits per heavy atom. The van der Waals surface area contributed by atoms with Crippen molar-refractivity contribution in [3.05, 3.63) is 76.3 Å². The van der Waals surface area contributed by atoms with Crippen molar-refractivity contribution >= 4 is 35.2 Å². The van der Waals surface area contributed by atoms with Crippen molar-refractivity contribution in [1.29, 1.82) is 0 Å². The van der Waals surface area contributed by atoms with Crippen LogP contribution in [0.3, 0.4) is 0 Å². The summed E-state index contributed by atoms with van der Waals surface area (Å²) in [6.45, 7) is 1.19. The monoisotopic (exact) mass is 580 g/mol. The van der Waals surface area contributed by atoms with Crippen LogP contribution in [0.5, 0.6) is 5.75 Å². The molecule has 0 aliphatic carbocycles. The number of nitrogens with zero attached hydrogens (tertiary/aromatic N) is 6. The molecule has 0 fully saturated rings. The van der Waals surface area contributed by atoms with Gasteiger partial charge in [0.15, 0.2) is 5.82 Å². The van der Waals surface area contributed by atoms with Crippen molar-refractivity contribution in [3.8, 4) is 17.0 Å². The first-order chi connectivity index (χ1) is 19.7. The number of hydrogen-bond donors (Lipinski definition) is 3. The summed E-state index contributed by atoms with van der Waals surface area (Å²) in [6, 6.07) is 7.51. The molecule has 3 heterocycles. The molecule has 1 aliphatic rings. The molecule has 2 aromatic carbocycles. The van der Waals surface area contributed by atoms with Crippen LogP contribution in [-0.2, 0) is 18.4 Å². The zero-order chi connectivity index (χ0) is 29.3. The van der Waals surface area contributed by atoms with E-state index >= 15 is 0 Å². The number of aryl methyl sites for hydroxylation is 1. The number of aliphatic hydroxyl groups is 1. The lowest BCUT2D eigenvalue weighted by Gasteiger charge is -2.27. The summed E-state index contributed by atoms with van der Waals surface area (Å²) in [7, 11) is 3.09. The van der Waals surface area contributed by atoms with E-state index in [2.05, 4.69) is 30.8 Å². The number of halogens is 2. The van der Waals surface area contributed by atoms with Crippen molar-refractivity contribution in [2.45, 2.75) is 25.6 Å². The van der Waals surface area contributed by atoms with Gasteiger partial charge in [0.2, 0.25) is 11.9 Å². The predicted molar refractivity (Wildman–Crippen MR) is 147 cm³/mol. The molecule has 0 bridgehead atoms. The number of aliphatic hydroxyl groups excluding tert-OH is 1. The van der Waals surface area contributed by atoms with E-state index in [0.29, 0.717) is 39.5 Å². The molecule has 0 spiro atoms. The van der Waals surface area contributed by atoms with Crippen LogP contribution < -0.4 is 15.4 Å². The fraction of sp³-hybridized carbons (Fsp3) is 0.259. The van der Waals surface area contributed by atoms with E-state index in [1.165, 1.54) is 41.3 Å². The number of aromatic nitrogens is 5. The maximum Gasteiger partial charge on any atom is 0.255 e. The highest BCUT2D eigenvalue weighted by Crippen LogP contribution is 2.32. The largest absolute Gasteiger partial charge is 0.497 e. The molecule has 5 rings (SSSR count). The molecule has 2 amide bonds. The minimum absolute atomic E-state index is 0.117. The minimum Gasteiger partial charge on any atom is -0.497 e. The number of hydrogen-bond acceptors (Lipinski definition) is 9. The third-order valence-electron chi connectivity index (χ3n) is 6.64. The summed E-state index contributed by atoms with van der Waals surface area (Å²) in [4.78, 5) is 37.9. The van der Waals surface area contributed by atoms with Gasteiger partial charge in [-0.2, -0.15) is 9.90 Å². The summed E-state index contributed by atoms with van der Waals surface area (Å²) in [6.07, 6.45) is 2.95. The standard InChI is InChI=1S/C27H26ClFN8O4/c1-14(17-6-18(29)9-19(7-17)41-3)32-25(39)22(13-38)37-12-16-5-4-15(8-20(16)26(37)40)24-21(28)10-30-27(34-24)33-23-11-31-36(2)35-23/h4-11,14,22,38H,12-13H2,1-3H3,(H,32,39)(H,30,33,34,35)/t14-,22-/m1/s1. The van der Waals surface area contributed by atoms with Crippen LogP contribution >= 0.6 is 11.6 Å². The van der Waals surface area contributed by atoms with Gasteiger partial charge in [0, 0.05) is 30.8 Å². The average molecular weight is 581 g/mol. The molecule has 14 heteroatoms. The highest BCUT2D eigenvalue weighted by molar-refractivity contribution is 6.33. The molecule has 1 aliphatic heterocycles. The molecule has 2 aromatic heterocycles. The second-order valence-corrected chi connectivity index (χ2v) is 9.80. The first-order valence-corrected chi connectivity index (χ1v) is 12.9. The first kappa shape index (κ1) is 27.9. The predicted octanol–water partition coefficient (Wildman–Crippen LogP) is 3.01. The van der Waals surface area contributed by atoms with Gasteiger partial charge in [-0.15, -0.1) is 5.10 Å². The lowest BCUT2D eigenvalue weighted by Crippen LogP contribution is -2.49. The Kier molecular flexibility index (Phi) is 7.81. The maximum absolute atomic E-state index is 14.0. The van der Waals surface area contributed by atoms with Crippen LogP contribution in [0.25, 0.3) is 11.3 Å². The van der Waals surface area contributed by atoms with Crippen LogP contribution in [0.15, 0.2) is 48.8 Å². The fourth-order valence-corrected chi connectivity index (χ4v) is 4.74. The van der Waals surface area contributed by atoms with Crippen LogP contribution in [0, 0.1) is 5.82 Å². The summed E-state index contributed by atoms with van der Waals surface area (Å²) in [5, 5.41) is 24.2. The molecule has 12 nitrogen and oxygen atoms in total. The Morgan fingerprint density at radius 2 is 2.05 bits per heavy atom.